The van der Waals surface area contributed by atoms with Gasteiger partial charge < -0.3 is 9.26 Å². The summed E-state index contributed by atoms with van der Waals surface area (Å²) >= 11 is 5.17. The highest BCUT2D eigenvalue weighted by molar-refractivity contribution is 9.10. The molecule has 2 rings (SSSR count). The lowest BCUT2D eigenvalue weighted by Crippen LogP contribution is -2.12. The average molecular weight is 397 g/mol. The van der Waals surface area contributed by atoms with Crippen LogP contribution in [0.1, 0.15) is 37.1 Å². The van der Waals surface area contributed by atoms with Crippen molar-refractivity contribution in [1.29, 1.82) is 0 Å². The Balaban J connectivity index is 1.95. The van der Waals surface area contributed by atoms with E-state index in [2.05, 4.69) is 39.3 Å². The van der Waals surface area contributed by atoms with Gasteiger partial charge in [-0.3, -0.25) is 0 Å². The highest BCUT2D eigenvalue weighted by Crippen LogP contribution is 2.33. The van der Waals surface area contributed by atoms with Crippen molar-refractivity contribution in [3.8, 4) is 5.88 Å². The van der Waals surface area contributed by atoms with Crippen LogP contribution in [-0.4, -0.2) is 10.9 Å². The number of ether oxygens (including phenoxy) is 1. The first-order valence-electron chi connectivity index (χ1n) is 7.58. The first-order valence-corrected chi connectivity index (χ1v) is 9.35. The van der Waals surface area contributed by atoms with Gasteiger partial charge in [-0.05, 0) is 33.1 Å². The van der Waals surface area contributed by atoms with Gasteiger partial charge in [-0.1, -0.05) is 61.7 Å². The second kappa shape index (κ2) is 9.80. The van der Waals surface area contributed by atoms with Crippen LogP contribution in [0.4, 0.5) is 0 Å². The lowest BCUT2D eigenvalue weighted by molar-refractivity contribution is 0.264. The molecule has 0 aliphatic heterocycles. The number of unbranched alkanes of at least 4 members (excludes halogenated alkanes) is 1. The summed E-state index contributed by atoms with van der Waals surface area (Å²) in [6.07, 6.45) is 4.15. The minimum Gasteiger partial charge on any atom is -0.470 e. The minimum absolute atomic E-state index is 0.118. The van der Waals surface area contributed by atoms with Crippen LogP contribution in [0.25, 0.3) is 0 Å². The van der Waals surface area contributed by atoms with E-state index in [1.54, 1.807) is 18.0 Å². The van der Waals surface area contributed by atoms with Gasteiger partial charge in [-0.2, -0.15) is 0 Å². The third-order valence-corrected chi connectivity index (χ3v) is 4.82. The fourth-order valence-corrected chi connectivity index (χ4v) is 3.30. The van der Waals surface area contributed by atoms with Crippen LogP contribution in [0.5, 0.6) is 5.88 Å². The van der Waals surface area contributed by atoms with Crippen LogP contribution >= 0.6 is 27.9 Å². The number of benzene rings is 1. The van der Waals surface area contributed by atoms with Crippen LogP contribution in [0, 0.1) is 0 Å². The van der Waals surface area contributed by atoms with Crippen molar-refractivity contribution < 1.29 is 9.26 Å². The number of nitrogens with zero attached hydrogens (tertiary/aromatic N) is 1. The Kier molecular flexibility index (Phi) is 7.71. The molecule has 0 radical (unpaired) electrons. The number of rotatable bonds is 10. The highest BCUT2D eigenvalue weighted by atomic mass is 79.9. The molecule has 4 nitrogen and oxygen atoms in total. The highest BCUT2D eigenvalue weighted by Gasteiger charge is 2.21. The molecule has 0 saturated carbocycles. The molecule has 1 atom stereocenters. The average Bonchev–Trinajstić information content (AvgIpc) is 2.95. The van der Waals surface area contributed by atoms with Gasteiger partial charge in [0.25, 0.3) is 5.88 Å². The van der Waals surface area contributed by atoms with E-state index in [4.69, 9.17) is 9.26 Å². The molecular formula is C17H21BrN2O2S. The molecule has 124 valence electrons. The van der Waals surface area contributed by atoms with E-state index in [1.807, 2.05) is 30.3 Å². The van der Waals surface area contributed by atoms with Crippen LogP contribution in [0.3, 0.4) is 0 Å². The van der Waals surface area contributed by atoms with E-state index < -0.39 is 0 Å². The predicted octanol–water partition coefficient (Wildman–Crippen LogP) is 5.28. The minimum atomic E-state index is -0.118. The summed E-state index contributed by atoms with van der Waals surface area (Å²) in [6.45, 7) is 6.48. The Morgan fingerprint density at radius 2 is 2.22 bits per heavy atom. The molecule has 0 saturated heterocycles. The Bertz CT molecular complexity index is 604. The Morgan fingerprint density at radius 1 is 1.43 bits per heavy atom. The quantitative estimate of drug-likeness (QED) is 0.336. The molecule has 1 aromatic heterocycles. The zero-order valence-corrected chi connectivity index (χ0v) is 15.5. The molecule has 0 aliphatic rings. The van der Waals surface area contributed by atoms with Gasteiger partial charge in [-0.25, -0.2) is 4.72 Å². The van der Waals surface area contributed by atoms with Gasteiger partial charge in [0.1, 0.15) is 11.1 Å². The molecule has 1 aromatic carbocycles. The lowest BCUT2D eigenvalue weighted by atomic mass is 10.2. The Hall–Kier alpha value is -1.24. The number of hydrogen-bond acceptors (Lipinski definition) is 5. The maximum Gasteiger partial charge on any atom is 0.269 e. The maximum atomic E-state index is 5.72. The standard InChI is InChI=1S/C17H21BrN2O2S/c1-3-5-11-23-20-14(4-2)16-15(18)17(19-22-16)21-12-13-9-7-6-8-10-13/h4,6-10,14,20H,2-3,5,11-12H2,1H3/t14-/m0/s1. The largest absolute Gasteiger partial charge is 0.470 e. The van der Waals surface area contributed by atoms with Gasteiger partial charge in [0.05, 0.1) is 6.04 Å². The van der Waals surface area contributed by atoms with Gasteiger partial charge in [-0.15, -0.1) is 6.58 Å². The summed E-state index contributed by atoms with van der Waals surface area (Å²) in [5.74, 6) is 2.17. The molecule has 0 amide bonds. The molecule has 23 heavy (non-hydrogen) atoms. The lowest BCUT2D eigenvalue weighted by Gasteiger charge is -2.11. The van der Waals surface area contributed by atoms with Crippen molar-refractivity contribution >= 4 is 27.9 Å². The van der Waals surface area contributed by atoms with E-state index >= 15 is 0 Å². The zero-order chi connectivity index (χ0) is 16.5. The monoisotopic (exact) mass is 396 g/mol. The number of nitrogens with one attached hydrogen (secondary N) is 1. The van der Waals surface area contributed by atoms with Crippen LogP contribution in [-0.2, 0) is 6.61 Å². The third kappa shape index (κ3) is 5.41. The van der Waals surface area contributed by atoms with Crippen molar-refractivity contribution in [1.82, 2.24) is 9.88 Å². The van der Waals surface area contributed by atoms with Crippen LogP contribution in [0.15, 0.2) is 52.0 Å². The van der Waals surface area contributed by atoms with Crippen molar-refractivity contribution in [2.45, 2.75) is 32.4 Å². The molecule has 1 N–H and O–H groups in total. The topological polar surface area (TPSA) is 47.3 Å². The molecule has 0 unspecified atom stereocenters. The Morgan fingerprint density at radius 3 is 2.91 bits per heavy atom. The van der Waals surface area contributed by atoms with Crippen molar-refractivity contribution in [3.63, 3.8) is 0 Å². The van der Waals surface area contributed by atoms with Gasteiger partial charge >= 0.3 is 0 Å². The number of halogens is 1. The summed E-state index contributed by atoms with van der Waals surface area (Å²) in [5, 5.41) is 4.00. The van der Waals surface area contributed by atoms with E-state index in [1.165, 1.54) is 12.8 Å². The summed E-state index contributed by atoms with van der Waals surface area (Å²) in [7, 11) is 0. The van der Waals surface area contributed by atoms with E-state index in [-0.39, 0.29) is 6.04 Å². The first-order chi connectivity index (χ1) is 11.3. The molecular weight excluding hydrogens is 376 g/mol. The summed E-state index contributed by atoms with van der Waals surface area (Å²) in [6, 6.07) is 9.83. The van der Waals surface area contributed by atoms with Crippen LogP contribution < -0.4 is 9.46 Å². The third-order valence-electron chi connectivity index (χ3n) is 3.18. The van der Waals surface area contributed by atoms with Crippen LogP contribution in [0.2, 0.25) is 0 Å². The Labute approximate surface area is 149 Å². The molecule has 0 bridgehead atoms. The normalized spacial score (nSPS) is 12.1. The van der Waals surface area contributed by atoms with Crippen molar-refractivity contribution in [2.75, 3.05) is 5.75 Å². The summed E-state index contributed by atoms with van der Waals surface area (Å²) in [4.78, 5) is 0. The van der Waals surface area contributed by atoms with Gasteiger partial charge in [0, 0.05) is 5.75 Å². The predicted molar refractivity (Wildman–Crippen MR) is 98.4 cm³/mol. The second-order valence-corrected chi connectivity index (χ2v) is 6.70. The fourth-order valence-electron chi connectivity index (χ4n) is 1.86. The SMILES string of the molecule is C=C[C@H](NSCCCC)c1onc(OCc2ccccc2)c1Br. The fraction of sp³-hybridized carbons (Fsp3) is 0.353. The summed E-state index contributed by atoms with van der Waals surface area (Å²) in [5.41, 5.74) is 1.08. The van der Waals surface area contributed by atoms with Gasteiger partial charge in [0.2, 0.25) is 0 Å². The maximum absolute atomic E-state index is 5.72. The second-order valence-electron chi connectivity index (χ2n) is 4.97. The van der Waals surface area contributed by atoms with Gasteiger partial charge in [0.15, 0.2) is 5.76 Å². The molecule has 2 aromatic rings. The van der Waals surface area contributed by atoms with Crippen molar-refractivity contribution in [3.05, 3.63) is 58.8 Å². The molecule has 1 heterocycles. The molecule has 0 spiro atoms. The molecule has 0 aliphatic carbocycles. The summed E-state index contributed by atoms with van der Waals surface area (Å²) < 4.78 is 15.2. The van der Waals surface area contributed by atoms with E-state index in [9.17, 15) is 0 Å². The smallest absolute Gasteiger partial charge is 0.269 e. The first kappa shape index (κ1) is 18.1. The molecule has 6 heteroatoms. The molecule has 0 fully saturated rings. The zero-order valence-electron chi connectivity index (χ0n) is 13.1. The van der Waals surface area contributed by atoms with E-state index in [0.29, 0.717) is 18.2 Å². The van der Waals surface area contributed by atoms with Crippen molar-refractivity contribution in [2.24, 2.45) is 0 Å². The number of aromatic nitrogens is 1. The number of hydrogen-bond donors (Lipinski definition) is 1. The van der Waals surface area contributed by atoms with E-state index in [0.717, 1.165) is 15.8 Å².